The number of nitrogens with zero attached hydrogens (tertiary/aromatic N) is 1. The third-order valence-electron chi connectivity index (χ3n) is 5.65. The summed E-state index contributed by atoms with van der Waals surface area (Å²) in [6.45, 7) is 1.35. The number of halogens is 1. The van der Waals surface area contributed by atoms with E-state index in [4.69, 9.17) is 11.6 Å². The Bertz CT molecular complexity index is 987. The summed E-state index contributed by atoms with van der Waals surface area (Å²) in [5.74, 6) is -0.696. The number of carbonyl (C=O) groups excluding carboxylic acids is 3. The smallest absolute Gasteiger partial charge is 0.319 e. The van der Waals surface area contributed by atoms with Crippen molar-refractivity contribution in [3.8, 4) is 0 Å². The van der Waals surface area contributed by atoms with Crippen LogP contribution in [-0.4, -0.2) is 29.2 Å². The molecule has 28 heavy (non-hydrogen) atoms. The molecule has 4 rings (SSSR count). The molecule has 1 unspecified atom stereocenters. The number of benzene rings is 2. The summed E-state index contributed by atoms with van der Waals surface area (Å²) in [5, 5.41) is 3.18. The number of carbonyl (C=O) groups is 3. The standard InChI is InChI=1S/C22H21ClN2O3/c1-22(17-7-4-8-18(23)12-17)20(27)25(21(28)24-22)13-19(26)16-10-9-14-5-2-3-6-15(14)11-16/h4,7-12H,2-3,5-6,13H2,1H3,(H,24,28). The Morgan fingerprint density at radius 1 is 1.11 bits per heavy atom. The Hall–Kier alpha value is -2.66. The number of amides is 3. The fourth-order valence-electron chi connectivity index (χ4n) is 3.98. The van der Waals surface area contributed by atoms with Crippen molar-refractivity contribution < 1.29 is 14.4 Å². The molecule has 2 aliphatic rings. The lowest BCUT2D eigenvalue weighted by Gasteiger charge is -2.22. The second kappa shape index (κ2) is 7.06. The predicted octanol–water partition coefficient (Wildman–Crippen LogP) is 3.87. The van der Waals surface area contributed by atoms with Gasteiger partial charge >= 0.3 is 6.03 Å². The highest BCUT2D eigenvalue weighted by Gasteiger charge is 2.49. The van der Waals surface area contributed by atoms with E-state index in [1.54, 1.807) is 37.3 Å². The van der Waals surface area contributed by atoms with Crippen LogP contribution >= 0.6 is 11.6 Å². The Labute approximate surface area is 168 Å². The summed E-state index contributed by atoms with van der Waals surface area (Å²) in [4.78, 5) is 39.2. The Morgan fingerprint density at radius 3 is 2.61 bits per heavy atom. The topological polar surface area (TPSA) is 66.5 Å². The third kappa shape index (κ3) is 3.20. The Morgan fingerprint density at radius 2 is 1.86 bits per heavy atom. The van der Waals surface area contributed by atoms with Crippen molar-refractivity contribution in [3.05, 3.63) is 69.7 Å². The van der Waals surface area contributed by atoms with E-state index in [1.165, 1.54) is 17.5 Å². The molecule has 0 bridgehead atoms. The van der Waals surface area contributed by atoms with Crippen LogP contribution in [0.4, 0.5) is 4.79 Å². The van der Waals surface area contributed by atoms with Crippen molar-refractivity contribution in [2.75, 3.05) is 6.54 Å². The molecule has 1 atom stereocenters. The van der Waals surface area contributed by atoms with E-state index < -0.39 is 17.5 Å². The Balaban J connectivity index is 1.56. The summed E-state index contributed by atoms with van der Waals surface area (Å²) in [6, 6.07) is 11.9. The fraction of sp³-hybridized carbons (Fsp3) is 0.318. The van der Waals surface area contributed by atoms with Crippen LogP contribution in [0.5, 0.6) is 0 Å². The first-order chi connectivity index (χ1) is 13.4. The summed E-state index contributed by atoms with van der Waals surface area (Å²) < 4.78 is 0. The number of aryl methyl sites for hydroxylation is 2. The van der Waals surface area contributed by atoms with Crippen LogP contribution in [0.25, 0.3) is 0 Å². The molecular weight excluding hydrogens is 376 g/mol. The molecule has 0 saturated carbocycles. The van der Waals surface area contributed by atoms with Crippen molar-refractivity contribution in [1.82, 2.24) is 10.2 Å². The molecule has 1 aliphatic carbocycles. The zero-order valence-corrected chi connectivity index (χ0v) is 16.4. The summed E-state index contributed by atoms with van der Waals surface area (Å²) in [5.41, 5.74) is 2.36. The van der Waals surface area contributed by atoms with Crippen molar-refractivity contribution in [2.24, 2.45) is 0 Å². The highest BCUT2D eigenvalue weighted by molar-refractivity contribution is 6.30. The number of ketones is 1. The highest BCUT2D eigenvalue weighted by Crippen LogP contribution is 2.30. The van der Waals surface area contributed by atoms with Crippen molar-refractivity contribution in [3.63, 3.8) is 0 Å². The van der Waals surface area contributed by atoms with Crippen molar-refractivity contribution in [1.29, 1.82) is 0 Å². The minimum Gasteiger partial charge on any atom is -0.319 e. The molecule has 1 saturated heterocycles. The minimum atomic E-state index is -1.24. The first kappa shape index (κ1) is 18.7. The molecule has 1 fully saturated rings. The molecule has 6 heteroatoms. The number of fused-ring (bicyclic) bond motifs is 1. The number of hydrogen-bond acceptors (Lipinski definition) is 3. The quantitative estimate of drug-likeness (QED) is 0.630. The first-order valence-corrected chi connectivity index (χ1v) is 9.81. The molecular formula is C22H21ClN2O3. The molecule has 0 radical (unpaired) electrons. The van der Waals surface area contributed by atoms with Crippen LogP contribution in [0.3, 0.4) is 0 Å². The van der Waals surface area contributed by atoms with Gasteiger partial charge in [-0.25, -0.2) is 4.79 Å². The van der Waals surface area contributed by atoms with Gasteiger partial charge in [0.2, 0.25) is 0 Å². The largest absolute Gasteiger partial charge is 0.325 e. The summed E-state index contributed by atoms with van der Waals surface area (Å²) in [7, 11) is 0. The van der Waals surface area contributed by atoms with Crippen LogP contribution in [0.1, 0.15) is 46.8 Å². The van der Waals surface area contributed by atoms with Gasteiger partial charge < -0.3 is 5.32 Å². The van der Waals surface area contributed by atoms with Crippen molar-refractivity contribution >= 4 is 29.3 Å². The molecule has 0 aromatic heterocycles. The SMILES string of the molecule is CC1(c2cccc(Cl)c2)NC(=O)N(CC(=O)c2ccc3c(c2)CCCC3)C1=O. The average Bonchev–Trinajstić information content (AvgIpc) is 2.91. The lowest BCUT2D eigenvalue weighted by Crippen LogP contribution is -2.41. The number of imide groups is 1. The van der Waals surface area contributed by atoms with Crippen molar-refractivity contribution in [2.45, 2.75) is 38.1 Å². The molecule has 3 amide bonds. The lowest BCUT2D eigenvalue weighted by atomic mass is 9.89. The number of hydrogen-bond donors (Lipinski definition) is 1. The maximum absolute atomic E-state index is 13.0. The zero-order valence-electron chi connectivity index (χ0n) is 15.6. The van der Waals surface area contributed by atoms with E-state index in [1.807, 2.05) is 12.1 Å². The average molecular weight is 397 g/mol. The number of nitrogens with one attached hydrogen (secondary N) is 1. The Kier molecular flexibility index (Phi) is 4.71. The van der Waals surface area contributed by atoms with E-state index in [2.05, 4.69) is 5.32 Å². The maximum atomic E-state index is 13.0. The molecule has 0 spiro atoms. The van der Waals surface area contributed by atoms with Crippen LogP contribution < -0.4 is 5.32 Å². The van der Waals surface area contributed by atoms with E-state index in [9.17, 15) is 14.4 Å². The van der Waals surface area contributed by atoms with E-state index in [-0.39, 0.29) is 12.3 Å². The van der Waals surface area contributed by atoms with Gasteiger partial charge in [-0.3, -0.25) is 14.5 Å². The second-order valence-electron chi connectivity index (χ2n) is 7.57. The van der Waals surface area contributed by atoms with Gasteiger partial charge in [0.15, 0.2) is 5.78 Å². The zero-order chi connectivity index (χ0) is 19.9. The van der Waals surface area contributed by atoms with Gasteiger partial charge in [0.05, 0.1) is 6.54 Å². The molecule has 144 valence electrons. The molecule has 2 aromatic rings. The highest BCUT2D eigenvalue weighted by atomic mass is 35.5. The van der Waals surface area contributed by atoms with Gasteiger partial charge in [0, 0.05) is 10.6 Å². The molecule has 1 aliphatic heterocycles. The van der Waals surface area contributed by atoms with E-state index in [0.29, 0.717) is 16.1 Å². The predicted molar refractivity (Wildman–Crippen MR) is 106 cm³/mol. The molecule has 2 aromatic carbocycles. The molecule has 1 heterocycles. The normalized spacial score (nSPS) is 21.4. The van der Waals surface area contributed by atoms with Gasteiger partial charge in [-0.2, -0.15) is 0 Å². The van der Waals surface area contributed by atoms with Crippen LogP contribution in [0.2, 0.25) is 5.02 Å². The van der Waals surface area contributed by atoms with E-state index >= 15 is 0 Å². The summed E-state index contributed by atoms with van der Waals surface area (Å²) >= 11 is 6.04. The fourth-order valence-corrected chi connectivity index (χ4v) is 4.17. The van der Waals surface area contributed by atoms with Gasteiger partial charge in [-0.05, 0) is 67.5 Å². The molecule has 1 N–H and O–H groups in total. The van der Waals surface area contributed by atoms with E-state index in [0.717, 1.165) is 24.2 Å². The van der Waals surface area contributed by atoms with Crippen LogP contribution in [-0.2, 0) is 23.2 Å². The van der Waals surface area contributed by atoms with Gasteiger partial charge in [0.25, 0.3) is 5.91 Å². The second-order valence-corrected chi connectivity index (χ2v) is 8.01. The molecule has 5 nitrogen and oxygen atoms in total. The maximum Gasteiger partial charge on any atom is 0.325 e. The number of rotatable bonds is 4. The van der Waals surface area contributed by atoms with Gasteiger partial charge in [-0.1, -0.05) is 35.9 Å². The van der Waals surface area contributed by atoms with Gasteiger partial charge in [0.1, 0.15) is 5.54 Å². The van der Waals surface area contributed by atoms with Gasteiger partial charge in [-0.15, -0.1) is 0 Å². The number of urea groups is 1. The number of Topliss-reactive ketones (excluding diaryl/α,β-unsaturated/α-hetero) is 1. The first-order valence-electron chi connectivity index (χ1n) is 9.43. The monoisotopic (exact) mass is 396 g/mol. The van der Waals surface area contributed by atoms with Crippen LogP contribution in [0.15, 0.2) is 42.5 Å². The van der Waals surface area contributed by atoms with Crippen LogP contribution in [0, 0.1) is 0 Å². The lowest BCUT2D eigenvalue weighted by molar-refractivity contribution is -0.130. The third-order valence-corrected chi connectivity index (χ3v) is 5.88. The minimum absolute atomic E-state index is 0.243. The summed E-state index contributed by atoms with van der Waals surface area (Å²) in [6.07, 6.45) is 4.29.